The number of nitrogens with zero attached hydrogens (tertiary/aromatic N) is 1. The maximum Gasteiger partial charge on any atom is 0.237 e. The normalized spacial score (nSPS) is 17.3. The van der Waals surface area contributed by atoms with E-state index in [1.54, 1.807) is 19.9 Å². The highest BCUT2D eigenvalue weighted by molar-refractivity contribution is 6.08. The van der Waals surface area contributed by atoms with Gasteiger partial charge in [0.1, 0.15) is 17.5 Å². The van der Waals surface area contributed by atoms with Crippen molar-refractivity contribution in [3.05, 3.63) is 65.0 Å². The zero-order valence-electron chi connectivity index (χ0n) is 14.7. The van der Waals surface area contributed by atoms with Gasteiger partial charge in [-0.05, 0) is 43.2 Å². The van der Waals surface area contributed by atoms with Gasteiger partial charge in [0, 0.05) is 12.6 Å². The third-order valence-electron chi connectivity index (χ3n) is 4.77. The molecule has 1 aliphatic rings. The number of amides is 1. The molecule has 3 rings (SSSR count). The molecule has 27 heavy (non-hydrogen) atoms. The molecular weight excluding hydrogens is 381 g/mol. The summed E-state index contributed by atoms with van der Waals surface area (Å²) in [7, 11) is 0. The third-order valence-corrected chi connectivity index (χ3v) is 4.77. The minimum absolute atomic E-state index is 0. The van der Waals surface area contributed by atoms with Crippen molar-refractivity contribution in [2.24, 2.45) is 5.73 Å². The number of rotatable bonds is 4. The van der Waals surface area contributed by atoms with E-state index in [4.69, 9.17) is 5.73 Å². The molecule has 0 fully saturated rings. The first-order valence-electron chi connectivity index (χ1n) is 8.15. The molecule has 1 heterocycles. The van der Waals surface area contributed by atoms with E-state index in [9.17, 15) is 23.1 Å². The summed E-state index contributed by atoms with van der Waals surface area (Å²) >= 11 is 0. The molecule has 2 aromatic carbocycles. The van der Waals surface area contributed by atoms with Crippen molar-refractivity contribution in [3.8, 4) is 0 Å². The van der Waals surface area contributed by atoms with Gasteiger partial charge in [-0.3, -0.25) is 9.69 Å². The molecule has 146 valence electrons. The van der Waals surface area contributed by atoms with Gasteiger partial charge in [0.25, 0.3) is 0 Å². The van der Waals surface area contributed by atoms with Crippen molar-refractivity contribution in [1.82, 2.24) is 0 Å². The van der Waals surface area contributed by atoms with Gasteiger partial charge in [0.15, 0.2) is 0 Å². The van der Waals surface area contributed by atoms with Gasteiger partial charge in [0.2, 0.25) is 5.91 Å². The van der Waals surface area contributed by atoms with Crippen LogP contribution >= 0.6 is 12.4 Å². The molecule has 0 bridgehead atoms. The maximum atomic E-state index is 14.6. The predicted octanol–water partition coefficient (Wildman–Crippen LogP) is 3.21. The van der Waals surface area contributed by atoms with Gasteiger partial charge >= 0.3 is 0 Å². The average molecular weight is 401 g/mol. The van der Waals surface area contributed by atoms with Crippen molar-refractivity contribution in [2.45, 2.75) is 31.4 Å². The Kier molecular flexibility index (Phi) is 5.89. The van der Waals surface area contributed by atoms with Gasteiger partial charge in [0.05, 0.1) is 23.2 Å². The Bertz CT molecular complexity index is 856. The largest absolute Gasteiger partial charge is 0.389 e. The topological polar surface area (TPSA) is 66.6 Å². The standard InChI is InChI=1S/C19H19F3N2O2.ClH/c1-19(2)13-4-3-5-14(22)17(13)24(18(19)26)16(15(25)9-23)10-6-11(20)8-12(21)7-10;/h3-8,15-16,25H,9,23H2,1-2H3;1H/t15-,16-;/m0./s1. The lowest BCUT2D eigenvalue weighted by Gasteiger charge is -2.33. The summed E-state index contributed by atoms with van der Waals surface area (Å²) in [5, 5.41) is 10.4. The Labute approximate surface area is 161 Å². The summed E-state index contributed by atoms with van der Waals surface area (Å²) in [4.78, 5) is 14.1. The Balaban J connectivity index is 0.00000261. The number of para-hydroxylation sites is 1. The van der Waals surface area contributed by atoms with Gasteiger partial charge in [-0.2, -0.15) is 0 Å². The van der Waals surface area contributed by atoms with Crippen LogP contribution in [0.3, 0.4) is 0 Å². The number of aliphatic hydroxyl groups excluding tert-OH is 1. The van der Waals surface area contributed by atoms with E-state index in [1.165, 1.54) is 12.1 Å². The molecule has 2 aromatic rings. The second kappa shape index (κ2) is 7.50. The zero-order chi connectivity index (χ0) is 19.2. The van der Waals surface area contributed by atoms with E-state index in [0.29, 0.717) is 11.6 Å². The first-order chi connectivity index (χ1) is 12.2. The number of anilines is 1. The summed E-state index contributed by atoms with van der Waals surface area (Å²) in [5.74, 6) is -2.88. The van der Waals surface area contributed by atoms with Crippen LogP contribution in [0.2, 0.25) is 0 Å². The fourth-order valence-corrected chi connectivity index (χ4v) is 3.47. The van der Waals surface area contributed by atoms with Crippen LogP contribution in [0.4, 0.5) is 18.9 Å². The molecule has 1 aliphatic heterocycles. The van der Waals surface area contributed by atoms with E-state index < -0.39 is 40.9 Å². The van der Waals surface area contributed by atoms with E-state index >= 15 is 0 Å². The first kappa shape index (κ1) is 21.2. The van der Waals surface area contributed by atoms with Gasteiger partial charge in [-0.15, -0.1) is 12.4 Å². The van der Waals surface area contributed by atoms with Crippen molar-refractivity contribution in [1.29, 1.82) is 0 Å². The lowest BCUT2D eigenvalue weighted by molar-refractivity contribution is -0.123. The van der Waals surface area contributed by atoms with Crippen LogP contribution in [-0.2, 0) is 10.2 Å². The van der Waals surface area contributed by atoms with Crippen LogP contribution in [0.15, 0.2) is 36.4 Å². The number of benzene rings is 2. The van der Waals surface area contributed by atoms with Crippen molar-refractivity contribution >= 4 is 24.0 Å². The third kappa shape index (κ3) is 3.42. The van der Waals surface area contributed by atoms with Crippen molar-refractivity contribution in [3.63, 3.8) is 0 Å². The molecule has 1 amide bonds. The van der Waals surface area contributed by atoms with Crippen molar-refractivity contribution in [2.75, 3.05) is 11.4 Å². The highest BCUT2D eigenvalue weighted by Crippen LogP contribution is 2.47. The number of carbonyl (C=O) groups excluding carboxylic acids is 1. The molecule has 4 nitrogen and oxygen atoms in total. The molecule has 8 heteroatoms. The highest BCUT2D eigenvalue weighted by atomic mass is 35.5. The molecular formula is C19H20ClF3N2O2. The molecule has 0 spiro atoms. The van der Waals surface area contributed by atoms with Gasteiger partial charge in [-0.25, -0.2) is 13.2 Å². The van der Waals surface area contributed by atoms with Gasteiger partial charge in [-0.1, -0.05) is 12.1 Å². The fraction of sp³-hybridized carbons (Fsp3) is 0.316. The first-order valence-corrected chi connectivity index (χ1v) is 8.15. The lowest BCUT2D eigenvalue weighted by Crippen LogP contribution is -2.45. The summed E-state index contributed by atoms with van der Waals surface area (Å²) in [6.07, 6.45) is -1.35. The van der Waals surface area contributed by atoms with Crippen LogP contribution < -0.4 is 10.6 Å². The summed E-state index contributed by atoms with van der Waals surface area (Å²) in [6, 6.07) is 5.77. The van der Waals surface area contributed by atoms with Crippen LogP contribution in [0.25, 0.3) is 0 Å². The number of fused-ring (bicyclic) bond motifs is 1. The smallest absolute Gasteiger partial charge is 0.237 e. The molecule has 0 aromatic heterocycles. The minimum Gasteiger partial charge on any atom is -0.389 e. The number of hydrogen-bond acceptors (Lipinski definition) is 3. The fourth-order valence-electron chi connectivity index (χ4n) is 3.47. The molecule has 0 saturated carbocycles. The quantitative estimate of drug-likeness (QED) is 0.828. The molecule has 0 aliphatic carbocycles. The number of nitrogens with two attached hydrogens (primary N) is 1. The minimum atomic E-state index is -1.35. The number of halogens is 4. The zero-order valence-corrected chi connectivity index (χ0v) is 15.6. The number of hydrogen-bond donors (Lipinski definition) is 2. The maximum absolute atomic E-state index is 14.6. The highest BCUT2D eigenvalue weighted by Gasteiger charge is 2.49. The van der Waals surface area contributed by atoms with Crippen LogP contribution in [0, 0.1) is 17.5 Å². The predicted molar refractivity (Wildman–Crippen MR) is 98.3 cm³/mol. The van der Waals surface area contributed by atoms with E-state index in [-0.39, 0.29) is 30.2 Å². The van der Waals surface area contributed by atoms with E-state index in [0.717, 1.165) is 17.0 Å². The molecule has 0 radical (unpaired) electrons. The Morgan fingerprint density at radius 2 is 1.74 bits per heavy atom. The monoisotopic (exact) mass is 400 g/mol. The Hall–Kier alpha value is -2.09. The summed E-state index contributed by atoms with van der Waals surface area (Å²) < 4.78 is 42.1. The Morgan fingerprint density at radius 1 is 1.15 bits per heavy atom. The lowest BCUT2D eigenvalue weighted by atomic mass is 9.86. The molecule has 0 saturated heterocycles. The second-order valence-electron chi connectivity index (χ2n) is 6.89. The molecule has 3 N–H and O–H groups in total. The SMILES string of the molecule is CC1(C)C(=O)N([C@@H](c2cc(F)cc(F)c2)[C@@H](O)CN)c2c(F)cccc21.Cl. The number of aliphatic hydroxyl groups is 1. The van der Waals surface area contributed by atoms with Gasteiger partial charge < -0.3 is 10.8 Å². The van der Waals surface area contributed by atoms with Crippen molar-refractivity contribution < 1.29 is 23.1 Å². The average Bonchev–Trinajstić information content (AvgIpc) is 2.76. The number of carbonyl (C=O) groups is 1. The molecule has 2 atom stereocenters. The van der Waals surface area contributed by atoms with Crippen LogP contribution in [0.1, 0.15) is 31.0 Å². The second-order valence-corrected chi connectivity index (χ2v) is 6.89. The Morgan fingerprint density at radius 3 is 2.30 bits per heavy atom. The van der Waals surface area contributed by atoms with E-state index in [2.05, 4.69) is 0 Å². The summed E-state index contributed by atoms with van der Waals surface area (Å²) in [5.41, 5.74) is 4.93. The van der Waals surface area contributed by atoms with E-state index in [1.807, 2.05) is 0 Å². The van der Waals surface area contributed by atoms with Crippen LogP contribution in [0.5, 0.6) is 0 Å². The van der Waals surface area contributed by atoms with Crippen LogP contribution in [-0.4, -0.2) is 23.7 Å². The summed E-state index contributed by atoms with van der Waals surface area (Å²) in [6.45, 7) is 2.98. The molecule has 0 unspecified atom stereocenters.